The molecule has 25 heavy (non-hydrogen) atoms. The molecule has 0 aliphatic carbocycles. The second-order valence-corrected chi connectivity index (χ2v) is 7.52. The van der Waals surface area contributed by atoms with E-state index in [1.807, 2.05) is 33.8 Å². The normalized spacial score (nSPS) is 19.0. The molecule has 1 heterocycles. The summed E-state index contributed by atoms with van der Waals surface area (Å²) in [6, 6.07) is 5.04. The molecule has 0 unspecified atom stereocenters. The molecule has 1 aromatic carbocycles. The van der Waals surface area contributed by atoms with Gasteiger partial charge in [-0.2, -0.15) is 0 Å². The Morgan fingerprint density at radius 3 is 2.32 bits per heavy atom. The largest absolute Gasteiger partial charge is 0.492 e. The van der Waals surface area contributed by atoms with Gasteiger partial charge in [0.15, 0.2) is 0 Å². The van der Waals surface area contributed by atoms with Gasteiger partial charge in [0.25, 0.3) is 0 Å². The van der Waals surface area contributed by atoms with Crippen LogP contribution >= 0.6 is 11.6 Å². The molecule has 1 fully saturated rings. The molecule has 0 aromatic heterocycles. The predicted octanol–water partition coefficient (Wildman–Crippen LogP) is 3.30. The Labute approximate surface area is 153 Å². The summed E-state index contributed by atoms with van der Waals surface area (Å²) in [5.41, 5.74) is 0.995. The van der Waals surface area contributed by atoms with Gasteiger partial charge in [0.1, 0.15) is 6.29 Å². The third-order valence-corrected chi connectivity index (χ3v) is 4.93. The number of aldehydes is 1. The molecule has 0 bridgehead atoms. The van der Waals surface area contributed by atoms with Crippen molar-refractivity contribution in [1.29, 1.82) is 0 Å². The Hall–Kier alpha value is -1.63. The molecule has 1 amide bonds. The van der Waals surface area contributed by atoms with E-state index in [0.717, 1.165) is 17.3 Å². The van der Waals surface area contributed by atoms with Crippen molar-refractivity contribution >= 4 is 37.0 Å². The van der Waals surface area contributed by atoms with Crippen LogP contribution in [0.3, 0.4) is 0 Å². The number of carbonyl (C=O) groups is 2. The zero-order chi connectivity index (χ0) is 18.8. The summed E-state index contributed by atoms with van der Waals surface area (Å²) in [5, 5.41) is 3.22. The van der Waals surface area contributed by atoms with Gasteiger partial charge in [-0.15, -0.1) is 0 Å². The topological polar surface area (TPSA) is 64.6 Å². The van der Waals surface area contributed by atoms with Crippen LogP contribution in [0.25, 0.3) is 6.08 Å². The van der Waals surface area contributed by atoms with E-state index in [-0.39, 0.29) is 12.5 Å². The van der Waals surface area contributed by atoms with Gasteiger partial charge < -0.3 is 14.6 Å². The first-order chi connectivity index (χ1) is 11.6. The van der Waals surface area contributed by atoms with E-state index >= 15 is 0 Å². The van der Waals surface area contributed by atoms with E-state index in [0.29, 0.717) is 10.6 Å². The maximum absolute atomic E-state index is 11.3. The van der Waals surface area contributed by atoms with Crippen molar-refractivity contribution in [2.45, 2.75) is 45.8 Å². The molecule has 1 N–H and O–H groups in total. The minimum Gasteiger partial charge on any atom is -0.400 e. The summed E-state index contributed by atoms with van der Waals surface area (Å²) in [4.78, 5) is 22.2. The lowest BCUT2D eigenvalue weighted by molar-refractivity contribution is -0.118. The summed E-state index contributed by atoms with van der Waals surface area (Å²) in [6.45, 7) is 9.60. The van der Waals surface area contributed by atoms with Crippen molar-refractivity contribution in [1.82, 2.24) is 5.32 Å². The van der Waals surface area contributed by atoms with Crippen LogP contribution in [-0.2, 0) is 14.1 Å². The van der Waals surface area contributed by atoms with E-state index in [1.54, 1.807) is 18.2 Å². The van der Waals surface area contributed by atoms with Crippen LogP contribution in [0.5, 0.6) is 0 Å². The highest BCUT2D eigenvalue weighted by atomic mass is 35.5. The molecule has 0 spiro atoms. The van der Waals surface area contributed by atoms with Crippen LogP contribution in [0.2, 0.25) is 5.02 Å². The van der Waals surface area contributed by atoms with Gasteiger partial charge in [-0.05, 0) is 44.8 Å². The Kier molecular flexibility index (Phi) is 5.77. The molecule has 1 aromatic rings. The number of benzene rings is 1. The maximum atomic E-state index is 11.3. The van der Waals surface area contributed by atoms with E-state index in [9.17, 15) is 9.59 Å². The van der Waals surface area contributed by atoms with Crippen molar-refractivity contribution in [2.75, 3.05) is 6.54 Å². The van der Waals surface area contributed by atoms with Crippen LogP contribution < -0.4 is 5.32 Å². The number of carbonyl (C=O) groups excluding carboxylic acids is 2. The van der Waals surface area contributed by atoms with Gasteiger partial charge in [-0.25, -0.2) is 0 Å². The van der Waals surface area contributed by atoms with Crippen molar-refractivity contribution in [3.63, 3.8) is 0 Å². The van der Waals surface area contributed by atoms with Crippen LogP contribution in [0.4, 0.5) is 0 Å². The summed E-state index contributed by atoms with van der Waals surface area (Å²) in [7, 11) is -0.598. The number of hydrogen-bond acceptors (Lipinski definition) is 4. The molecular formula is C18H23BClNO4. The van der Waals surface area contributed by atoms with Crippen molar-refractivity contribution in [3.05, 3.63) is 39.8 Å². The van der Waals surface area contributed by atoms with Gasteiger partial charge in [-0.1, -0.05) is 29.8 Å². The summed E-state index contributed by atoms with van der Waals surface area (Å²) >= 11 is 6.26. The number of rotatable bonds is 5. The summed E-state index contributed by atoms with van der Waals surface area (Å²) < 4.78 is 12.1. The fourth-order valence-corrected chi connectivity index (χ4v) is 2.60. The zero-order valence-electron chi connectivity index (χ0n) is 15.2. The van der Waals surface area contributed by atoms with E-state index in [4.69, 9.17) is 20.9 Å². The zero-order valence-corrected chi connectivity index (χ0v) is 15.9. The maximum Gasteiger partial charge on any atom is 0.492 e. The van der Waals surface area contributed by atoms with E-state index in [1.165, 1.54) is 6.92 Å². The average molecular weight is 364 g/mol. The monoisotopic (exact) mass is 363 g/mol. The third kappa shape index (κ3) is 4.51. The van der Waals surface area contributed by atoms with Crippen molar-refractivity contribution in [3.8, 4) is 0 Å². The smallest absolute Gasteiger partial charge is 0.400 e. The van der Waals surface area contributed by atoms with Gasteiger partial charge in [0.2, 0.25) is 5.91 Å². The van der Waals surface area contributed by atoms with Gasteiger partial charge >= 0.3 is 7.12 Å². The lowest BCUT2D eigenvalue weighted by atomic mass is 9.77. The molecule has 0 atom stereocenters. The quantitative estimate of drug-likeness (QED) is 0.644. The second-order valence-electron chi connectivity index (χ2n) is 7.12. The molecule has 2 rings (SSSR count). The fourth-order valence-electron chi connectivity index (χ4n) is 2.36. The highest BCUT2D eigenvalue weighted by Gasteiger charge is 2.52. The molecular weight excluding hydrogens is 340 g/mol. The molecule has 7 heteroatoms. The second kappa shape index (κ2) is 7.32. The van der Waals surface area contributed by atoms with E-state index in [2.05, 4.69) is 5.32 Å². The average Bonchev–Trinajstić information content (AvgIpc) is 2.72. The van der Waals surface area contributed by atoms with Crippen molar-refractivity contribution in [2.24, 2.45) is 0 Å². The molecule has 1 saturated heterocycles. The Balaban J connectivity index is 2.36. The molecule has 134 valence electrons. The standard InChI is InChI=1S/C18H23BClNO4/c1-12(23)21-10-15(19-24-17(2,3)18(4,5)25-19)9-14-7-6-13(11-22)8-16(14)20/h6-9,11H,10H2,1-5H3,(H,21,23). The van der Waals surface area contributed by atoms with E-state index < -0.39 is 18.3 Å². The number of hydrogen-bond donors (Lipinski definition) is 1. The highest BCUT2D eigenvalue weighted by molar-refractivity contribution is 6.56. The summed E-state index contributed by atoms with van der Waals surface area (Å²) in [5.74, 6) is -0.148. The molecule has 5 nitrogen and oxygen atoms in total. The fraction of sp³-hybridized carbons (Fsp3) is 0.444. The molecule has 1 aliphatic rings. The molecule has 1 aliphatic heterocycles. The lowest BCUT2D eigenvalue weighted by Gasteiger charge is -2.32. The first-order valence-electron chi connectivity index (χ1n) is 8.11. The predicted molar refractivity (Wildman–Crippen MR) is 99.6 cm³/mol. The number of nitrogens with one attached hydrogen (secondary N) is 1. The Bertz CT molecular complexity index is 699. The van der Waals surface area contributed by atoms with Crippen LogP contribution in [0.15, 0.2) is 23.7 Å². The van der Waals surface area contributed by atoms with Crippen LogP contribution in [0, 0.1) is 0 Å². The minimum atomic E-state index is -0.598. The third-order valence-electron chi connectivity index (χ3n) is 4.60. The number of halogens is 1. The van der Waals surface area contributed by atoms with Gasteiger partial charge in [0, 0.05) is 24.1 Å². The van der Waals surface area contributed by atoms with Gasteiger partial charge in [-0.3, -0.25) is 9.59 Å². The Morgan fingerprint density at radius 1 is 1.24 bits per heavy atom. The van der Waals surface area contributed by atoms with Crippen LogP contribution in [0.1, 0.15) is 50.5 Å². The lowest BCUT2D eigenvalue weighted by Crippen LogP contribution is -2.41. The SMILES string of the molecule is CC(=O)NCC(=Cc1ccc(C=O)cc1Cl)B1OC(C)(C)C(C)(C)O1. The first kappa shape index (κ1) is 19.7. The Morgan fingerprint density at radius 2 is 1.84 bits per heavy atom. The molecule has 0 saturated carbocycles. The van der Waals surface area contributed by atoms with Crippen molar-refractivity contribution < 1.29 is 18.9 Å². The first-order valence-corrected chi connectivity index (χ1v) is 8.49. The minimum absolute atomic E-state index is 0.148. The highest BCUT2D eigenvalue weighted by Crippen LogP contribution is 2.39. The van der Waals surface area contributed by atoms with Crippen LogP contribution in [-0.4, -0.2) is 37.1 Å². The number of amides is 1. The summed E-state index contributed by atoms with van der Waals surface area (Å²) in [6.07, 6.45) is 2.57. The molecule has 0 radical (unpaired) electrons. The van der Waals surface area contributed by atoms with Gasteiger partial charge in [0.05, 0.1) is 11.2 Å².